The van der Waals surface area contributed by atoms with Crippen molar-refractivity contribution in [3.8, 4) is 23.0 Å². The minimum absolute atomic E-state index is 0. The zero-order chi connectivity index (χ0) is 62.2. The van der Waals surface area contributed by atoms with Crippen LogP contribution in [0.1, 0.15) is 170 Å². The van der Waals surface area contributed by atoms with Crippen LogP contribution in [0.25, 0.3) is 19.6 Å². The predicted molar refractivity (Wildman–Crippen MR) is 393 cm³/mol. The van der Waals surface area contributed by atoms with E-state index in [0.717, 1.165) is 99.0 Å². The van der Waals surface area contributed by atoms with Crippen molar-refractivity contribution in [3.05, 3.63) is 135 Å². The largest absolute Gasteiger partial charge is 0.780 e. The molecule has 0 aromatic heterocycles. The molecule has 0 heterocycles. The molecule has 0 fully saturated rings. The van der Waals surface area contributed by atoms with Crippen LogP contribution in [0.3, 0.4) is 0 Å². The van der Waals surface area contributed by atoms with E-state index in [9.17, 15) is 0 Å². The van der Waals surface area contributed by atoms with E-state index in [1.807, 2.05) is 72.8 Å². The molecule has 18 heteroatoms. The van der Waals surface area contributed by atoms with E-state index in [0.29, 0.717) is 90.7 Å². The molecular formula is C66H92Ni2O4S12-8. The van der Waals surface area contributed by atoms with Crippen molar-refractivity contribution >= 4 is 168 Å². The number of aryl methyl sites for hydroxylation is 2. The van der Waals surface area contributed by atoms with Gasteiger partial charge in [-0.25, -0.2) is 0 Å². The molecule has 0 spiro atoms. The summed E-state index contributed by atoms with van der Waals surface area (Å²) in [6.07, 6.45) is 3.99. The molecule has 0 aliphatic rings. The fourth-order valence-electron chi connectivity index (χ4n) is 6.61. The van der Waals surface area contributed by atoms with Crippen molar-refractivity contribution in [1.29, 1.82) is 0 Å². The van der Waals surface area contributed by atoms with Crippen molar-refractivity contribution in [2.45, 2.75) is 171 Å². The molecule has 0 aliphatic carbocycles. The van der Waals surface area contributed by atoms with Crippen LogP contribution in [0, 0.1) is 37.5 Å². The summed E-state index contributed by atoms with van der Waals surface area (Å²) in [6.45, 7) is 41.3. The maximum atomic E-state index is 6.08. The molecule has 4 aromatic carbocycles. The number of ether oxygens (including phenoxy) is 4. The standard InChI is InChI=1S/C26H36O2S2.C24H32O2S2.2C8H16S4.2Ni/c1-17(2)11-13-27-23-9-7-19(5)15-21(23)25(29)26(30)22-16-20(6)8-10-24(22)28-14-12-18(3)4;1-17(2)13-15-25-21-11-7-5-9-19(21)23(27)24(28)20-10-6-8-12-22(20)26-16-14-18(3)4;2*1-5(2)11-7(9)8(10)12-6(3)4;;/h7-10,15-18,29-30H,11-14H2,1-6H3;5-12,17-18,27-28H,13-16H2,1-4H3;2*5-6,9-10H,1-4H3;;/p-8. The van der Waals surface area contributed by atoms with Gasteiger partial charge in [0.25, 0.3) is 0 Å². The van der Waals surface area contributed by atoms with E-state index in [1.54, 1.807) is 47.0 Å². The summed E-state index contributed by atoms with van der Waals surface area (Å²) >= 11 is 50.6. The summed E-state index contributed by atoms with van der Waals surface area (Å²) in [4.78, 5) is 2.50. The van der Waals surface area contributed by atoms with Crippen molar-refractivity contribution in [2.75, 3.05) is 26.4 Å². The molecule has 0 radical (unpaired) electrons. The second kappa shape index (κ2) is 47.2. The summed E-state index contributed by atoms with van der Waals surface area (Å²) < 4.78 is 27.6. The van der Waals surface area contributed by atoms with Crippen LogP contribution in [0.2, 0.25) is 0 Å². The van der Waals surface area contributed by atoms with Gasteiger partial charge in [-0.2, -0.15) is 83.6 Å². The average molecular weight is 1450 g/mol. The first-order valence-electron chi connectivity index (χ1n) is 28.4. The zero-order valence-electron chi connectivity index (χ0n) is 52.5. The number of hydrogen-bond donors (Lipinski definition) is 0. The SMILES string of the molecule is CC(C)CCOc1ccccc1C([S-])=C([S-])c1ccccc1OCCC(C)C.CC(C)SC([S-])=C([S-])SC(C)C.CC(C)SC([S-])=C([S-])SC(C)C.Cc1ccc(OCCC(C)C)c(C([S-])=C([S-])c2cc(C)ccc2OCCC(C)C)c1.[Ni].[Ni]. The van der Waals surface area contributed by atoms with Crippen molar-refractivity contribution in [1.82, 2.24) is 0 Å². The summed E-state index contributed by atoms with van der Waals surface area (Å²) in [5.41, 5.74) is 5.75. The van der Waals surface area contributed by atoms with Gasteiger partial charge < -0.3 is 120 Å². The van der Waals surface area contributed by atoms with Gasteiger partial charge in [-0.1, -0.05) is 170 Å². The van der Waals surface area contributed by atoms with E-state index >= 15 is 0 Å². The van der Waals surface area contributed by atoms with E-state index in [4.69, 9.17) is 120 Å². The van der Waals surface area contributed by atoms with Gasteiger partial charge >= 0.3 is 0 Å². The number of benzene rings is 4. The monoisotopic (exact) mass is 1450 g/mol. The maximum absolute atomic E-state index is 6.08. The molecule has 0 bridgehead atoms. The van der Waals surface area contributed by atoms with Gasteiger partial charge in [0.1, 0.15) is 23.0 Å². The minimum Gasteiger partial charge on any atom is -0.780 e. The third kappa shape index (κ3) is 36.7. The Morgan fingerprint density at radius 2 is 0.536 bits per heavy atom. The van der Waals surface area contributed by atoms with Crippen LogP contribution in [0.5, 0.6) is 23.0 Å². The molecule has 4 rings (SSSR count). The molecule has 0 atom stereocenters. The van der Waals surface area contributed by atoms with E-state index in [2.05, 4.69) is 137 Å². The smallest absolute Gasteiger partial charge is 0.124 e. The van der Waals surface area contributed by atoms with E-state index < -0.39 is 0 Å². The first kappa shape index (κ1) is 85.2. The van der Waals surface area contributed by atoms with Gasteiger partial charge in [0, 0.05) is 54.0 Å². The Balaban J connectivity index is 0. The van der Waals surface area contributed by atoms with Crippen LogP contribution in [0.15, 0.2) is 102 Å². The number of rotatable bonds is 28. The molecule has 0 unspecified atom stereocenters. The summed E-state index contributed by atoms with van der Waals surface area (Å²) in [5.74, 6) is 5.52. The summed E-state index contributed by atoms with van der Waals surface area (Å²) in [5, 5.41) is 2.12. The van der Waals surface area contributed by atoms with Crippen LogP contribution < -0.4 is 18.9 Å². The minimum atomic E-state index is 0. The molecule has 4 nitrogen and oxygen atoms in total. The van der Waals surface area contributed by atoms with E-state index in [1.165, 1.54) is 0 Å². The summed E-state index contributed by atoms with van der Waals surface area (Å²) in [6, 6.07) is 27.9. The first-order chi connectivity index (χ1) is 38.4. The van der Waals surface area contributed by atoms with Gasteiger partial charge in [-0.05, 0) is 122 Å². The topological polar surface area (TPSA) is 36.9 Å². The quantitative estimate of drug-likeness (QED) is 0.0307. The molecule has 0 saturated carbocycles. The third-order valence-corrected chi connectivity index (χ3v) is 19.5. The van der Waals surface area contributed by atoms with Crippen molar-refractivity contribution in [3.63, 3.8) is 0 Å². The normalized spacial score (nSPS) is 12.4. The number of thioether (sulfide) groups is 4. The molecular weight excluding hydrogens is 1360 g/mol. The molecule has 0 saturated heterocycles. The number of hydrogen-bond acceptors (Lipinski definition) is 16. The molecule has 0 N–H and O–H groups in total. The molecule has 0 aliphatic heterocycles. The van der Waals surface area contributed by atoms with Crippen LogP contribution in [-0.4, -0.2) is 47.4 Å². The average Bonchev–Trinajstić information content (AvgIpc) is 3.43. The molecule has 4 aromatic rings. The Bertz CT molecular complexity index is 2400. The number of para-hydroxylation sites is 2. The Labute approximate surface area is 592 Å². The second-order valence-corrected chi connectivity index (χ2v) is 32.9. The first-order valence-corrected chi connectivity index (χ1v) is 35.1. The Hall–Kier alpha value is -0.813. The van der Waals surface area contributed by atoms with Crippen LogP contribution in [-0.2, 0) is 134 Å². The second-order valence-electron chi connectivity index (χ2n) is 22.2. The summed E-state index contributed by atoms with van der Waals surface area (Å²) in [7, 11) is 0. The van der Waals surface area contributed by atoms with Crippen molar-refractivity contribution in [2.24, 2.45) is 23.7 Å². The predicted octanol–water partition coefficient (Wildman–Crippen LogP) is 20.5. The Morgan fingerprint density at radius 3 is 0.762 bits per heavy atom. The van der Waals surface area contributed by atoms with Gasteiger partial charge in [0.2, 0.25) is 0 Å². The fourth-order valence-corrected chi connectivity index (χ4v) is 13.3. The van der Waals surface area contributed by atoms with Gasteiger partial charge in [0.05, 0.1) is 26.4 Å². The van der Waals surface area contributed by atoms with Gasteiger partial charge in [0.15, 0.2) is 0 Å². The Kier molecular flexibility index (Phi) is 47.9. The fraction of sp³-hybridized carbons (Fsp3) is 0.515. The molecule has 0 amide bonds. The molecule has 84 heavy (non-hydrogen) atoms. The van der Waals surface area contributed by atoms with Crippen molar-refractivity contribution < 1.29 is 51.9 Å². The van der Waals surface area contributed by atoms with Gasteiger partial charge in [-0.3, -0.25) is 0 Å². The zero-order valence-corrected chi connectivity index (χ0v) is 64.3. The Morgan fingerprint density at radius 1 is 0.321 bits per heavy atom. The van der Waals surface area contributed by atoms with Crippen LogP contribution in [0.4, 0.5) is 0 Å². The third-order valence-electron chi connectivity index (χ3n) is 11.0. The van der Waals surface area contributed by atoms with Crippen LogP contribution >= 0.6 is 47.0 Å². The van der Waals surface area contributed by atoms with E-state index in [-0.39, 0.29) is 33.0 Å². The molecule has 480 valence electrons. The van der Waals surface area contributed by atoms with Gasteiger partial charge in [-0.15, -0.1) is 0 Å². The maximum Gasteiger partial charge on any atom is 0.124 e.